The molecule has 0 aliphatic heterocycles. The van der Waals surface area contributed by atoms with Crippen LogP contribution in [0.4, 0.5) is 0 Å². The number of carbonyl (C=O) groups is 2. The predicted molar refractivity (Wildman–Crippen MR) is 111 cm³/mol. The lowest BCUT2D eigenvalue weighted by molar-refractivity contribution is -0.140. The van der Waals surface area contributed by atoms with Gasteiger partial charge in [0.25, 0.3) is 0 Å². The average molecular weight is 403 g/mol. The van der Waals surface area contributed by atoms with Gasteiger partial charge in [-0.05, 0) is 48.7 Å². The molecule has 0 aromatic heterocycles. The van der Waals surface area contributed by atoms with E-state index in [0.29, 0.717) is 24.5 Å². The van der Waals surface area contributed by atoms with Crippen molar-refractivity contribution in [2.45, 2.75) is 39.3 Å². The number of rotatable bonds is 9. The molecule has 150 valence electrons. The zero-order valence-corrected chi connectivity index (χ0v) is 17.3. The molecule has 1 N–H and O–H groups in total. The van der Waals surface area contributed by atoms with E-state index in [2.05, 4.69) is 5.32 Å². The van der Waals surface area contributed by atoms with E-state index in [0.717, 1.165) is 16.9 Å². The van der Waals surface area contributed by atoms with Gasteiger partial charge >= 0.3 is 0 Å². The molecule has 0 saturated heterocycles. The Balaban J connectivity index is 2.24. The maximum atomic E-state index is 13.1. The first kappa shape index (κ1) is 21.8. The molecule has 5 nitrogen and oxygen atoms in total. The van der Waals surface area contributed by atoms with Crippen molar-refractivity contribution in [3.63, 3.8) is 0 Å². The molecule has 0 aliphatic carbocycles. The highest BCUT2D eigenvalue weighted by Crippen LogP contribution is 2.18. The Morgan fingerprint density at radius 3 is 2.18 bits per heavy atom. The van der Waals surface area contributed by atoms with Gasteiger partial charge < -0.3 is 15.0 Å². The number of carbonyl (C=O) groups excluding carboxylic acids is 2. The topological polar surface area (TPSA) is 58.6 Å². The lowest BCUT2D eigenvalue weighted by Gasteiger charge is -2.30. The second-order valence-corrected chi connectivity index (χ2v) is 6.93. The smallest absolute Gasteiger partial charge is 0.242 e. The number of likely N-dealkylation sites (N-methyl/N-ethyl adjacent to an activating group) is 1. The zero-order valence-electron chi connectivity index (χ0n) is 16.6. The van der Waals surface area contributed by atoms with E-state index in [9.17, 15) is 9.59 Å². The standard InChI is InChI=1S/C22H27ClN2O3/c1-4-20(22(27)24-5-2)25(15-17-6-10-18(23)11-7-17)21(26)14-16-8-12-19(28-3)13-9-16/h6-13,20H,4-5,14-15H2,1-3H3,(H,24,27)/t20-/m0/s1. The van der Waals surface area contributed by atoms with Crippen molar-refractivity contribution in [2.24, 2.45) is 0 Å². The Bertz CT molecular complexity index is 775. The Labute approximate surface area is 171 Å². The Morgan fingerprint density at radius 1 is 1.04 bits per heavy atom. The molecule has 6 heteroatoms. The average Bonchev–Trinajstić information content (AvgIpc) is 2.70. The molecule has 0 fully saturated rings. The largest absolute Gasteiger partial charge is 0.497 e. The summed E-state index contributed by atoms with van der Waals surface area (Å²) in [6, 6.07) is 14.2. The van der Waals surface area contributed by atoms with Gasteiger partial charge in [0.1, 0.15) is 11.8 Å². The second kappa shape index (κ2) is 10.7. The monoisotopic (exact) mass is 402 g/mol. The van der Waals surface area contributed by atoms with Crippen molar-refractivity contribution in [3.05, 3.63) is 64.7 Å². The summed E-state index contributed by atoms with van der Waals surface area (Å²) in [7, 11) is 1.60. The second-order valence-electron chi connectivity index (χ2n) is 6.49. The van der Waals surface area contributed by atoms with Gasteiger partial charge in [-0.15, -0.1) is 0 Å². The van der Waals surface area contributed by atoms with Crippen LogP contribution >= 0.6 is 11.6 Å². The molecule has 1 atom stereocenters. The minimum Gasteiger partial charge on any atom is -0.497 e. The summed E-state index contributed by atoms with van der Waals surface area (Å²) in [5.41, 5.74) is 1.80. The summed E-state index contributed by atoms with van der Waals surface area (Å²) in [4.78, 5) is 27.3. The van der Waals surface area contributed by atoms with Gasteiger partial charge in [-0.2, -0.15) is 0 Å². The molecule has 0 spiro atoms. The Kier molecular flexibility index (Phi) is 8.33. The third-order valence-corrected chi connectivity index (χ3v) is 4.77. The van der Waals surface area contributed by atoms with E-state index in [4.69, 9.17) is 16.3 Å². The third-order valence-electron chi connectivity index (χ3n) is 4.52. The van der Waals surface area contributed by atoms with Gasteiger partial charge in [-0.1, -0.05) is 42.8 Å². The highest BCUT2D eigenvalue weighted by atomic mass is 35.5. The van der Waals surface area contributed by atoms with Crippen LogP contribution in [0.2, 0.25) is 5.02 Å². The molecular formula is C22H27ClN2O3. The molecule has 0 aliphatic rings. The van der Waals surface area contributed by atoms with Crippen molar-refractivity contribution in [2.75, 3.05) is 13.7 Å². The van der Waals surface area contributed by atoms with E-state index >= 15 is 0 Å². The predicted octanol–water partition coefficient (Wildman–Crippen LogP) is 3.83. The van der Waals surface area contributed by atoms with E-state index < -0.39 is 6.04 Å². The first-order valence-electron chi connectivity index (χ1n) is 9.43. The van der Waals surface area contributed by atoms with Crippen LogP contribution in [-0.2, 0) is 22.6 Å². The fourth-order valence-electron chi connectivity index (χ4n) is 3.02. The van der Waals surface area contributed by atoms with Gasteiger partial charge in [-0.25, -0.2) is 0 Å². The molecule has 0 bridgehead atoms. The van der Waals surface area contributed by atoms with Crippen molar-refractivity contribution in [1.82, 2.24) is 10.2 Å². The maximum absolute atomic E-state index is 13.1. The van der Waals surface area contributed by atoms with Crippen LogP contribution in [0.3, 0.4) is 0 Å². The van der Waals surface area contributed by atoms with E-state index in [1.807, 2.05) is 50.2 Å². The molecule has 2 rings (SSSR count). The van der Waals surface area contributed by atoms with Crippen LogP contribution in [-0.4, -0.2) is 36.4 Å². The van der Waals surface area contributed by atoms with E-state index in [1.165, 1.54) is 0 Å². The van der Waals surface area contributed by atoms with Crippen LogP contribution in [0.5, 0.6) is 5.75 Å². The fourth-order valence-corrected chi connectivity index (χ4v) is 3.14. The number of nitrogens with zero attached hydrogens (tertiary/aromatic N) is 1. The van der Waals surface area contributed by atoms with Gasteiger partial charge in [0, 0.05) is 18.1 Å². The number of ether oxygens (including phenoxy) is 1. The van der Waals surface area contributed by atoms with Gasteiger partial charge in [0.2, 0.25) is 11.8 Å². The maximum Gasteiger partial charge on any atom is 0.242 e. The van der Waals surface area contributed by atoms with E-state index in [1.54, 1.807) is 24.1 Å². The number of hydrogen-bond donors (Lipinski definition) is 1. The number of halogens is 1. The summed E-state index contributed by atoms with van der Waals surface area (Å²) in [5.74, 6) is 0.503. The van der Waals surface area contributed by atoms with E-state index in [-0.39, 0.29) is 18.2 Å². The number of methoxy groups -OCH3 is 1. The summed E-state index contributed by atoms with van der Waals surface area (Å²) >= 11 is 5.97. The SMILES string of the molecule is CCNC(=O)[C@H](CC)N(Cc1ccc(Cl)cc1)C(=O)Cc1ccc(OC)cc1. The van der Waals surface area contributed by atoms with Gasteiger partial charge in [0.05, 0.1) is 13.5 Å². The van der Waals surface area contributed by atoms with Crippen molar-refractivity contribution in [3.8, 4) is 5.75 Å². The zero-order chi connectivity index (χ0) is 20.5. The molecule has 28 heavy (non-hydrogen) atoms. The normalized spacial score (nSPS) is 11.6. The molecule has 2 amide bonds. The lowest BCUT2D eigenvalue weighted by atomic mass is 10.1. The quantitative estimate of drug-likeness (QED) is 0.693. The van der Waals surface area contributed by atoms with Gasteiger partial charge in [-0.3, -0.25) is 9.59 Å². The summed E-state index contributed by atoms with van der Waals surface area (Å²) in [6.45, 7) is 4.65. The number of benzene rings is 2. The van der Waals surface area contributed by atoms with Crippen LogP contribution in [0, 0.1) is 0 Å². The summed E-state index contributed by atoms with van der Waals surface area (Å²) in [6.07, 6.45) is 0.751. The summed E-state index contributed by atoms with van der Waals surface area (Å²) < 4.78 is 5.17. The minimum absolute atomic E-state index is 0.0989. The van der Waals surface area contributed by atoms with Crippen LogP contribution in [0.25, 0.3) is 0 Å². The Hall–Kier alpha value is -2.53. The number of amides is 2. The minimum atomic E-state index is -0.527. The van der Waals surface area contributed by atoms with Crippen molar-refractivity contribution < 1.29 is 14.3 Å². The van der Waals surface area contributed by atoms with Crippen LogP contribution < -0.4 is 10.1 Å². The molecule has 0 saturated carbocycles. The lowest BCUT2D eigenvalue weighted by Crippen LogP contribution is -2.49. The summed E-state index contributed by atoms with van der Waals surface area (Å²) in [5, 5.41) is 3.47. The number of hydrogen-bond acceptors (Lipinski definition) is 3. The molecular weight excluding hydrogens is 376 g/mol. The highest BCUT2D eigenvalue weighted by Gasteiger charge is 2.28. The first-order valence-corrected chi connectivity index (χ1v) is 9.80. The molecule has 0 unspecified atom stereocenters. The Morgan fingerprint density at radius 2 is 1.64 bits per heavy atom. The first-order chi connectivity index (χ1) is 13.5. The number of nitrogens with one attached hydrogen (secondary N) is 1. The molecule has 0 heterocycles. The molecule has 0 radical (unpaired) electrons. The van der Waals surface area contributed by atoms with Crippen LogP contribution in [0.15, 0.2) is 48.5 Å². The van der Waals surface area contributed by atoms with Gasteiger partial charge in [0.15, 0.2) is 0 Å². The molecule has 2 aromatic rings. The van der Waals surface area contributed by atoms with Crippen molar-refractivity contribution in [1.29, 1.82) is 0 Å². The third kappa shape index (κ3) is 5.99. The fraction of sp³-hybridized carbons (Fsp3) is 0.364. The highest BCUT2D eigenvalue weighted by molar-refractivity contribution is 6.30. The van der Waals surface area contributed by atoms with Crippen LogP contribution in [0.1, 0.15) is 31.4 Å². The van der Waals surface area contributed by atoms with Crippen molar-refractivity contribution >= 4 is 23.4 Å². The molecule has 2 aromatic carbocycles.